The fourth-order valence-corrected chi connectivity index (χ4v) is 3.25. The largest absolute Gasteiger partial charge is 0.368 e. The molecule has 3 rings (SSSR count). The average Bonchev–Trinajstić information content (AvgIpc) is 2.83. The van der Waals surface area contributed by atoms with Crippen LogP contribution in [0.4, 0.5) is 11.8 Å². The van der Waals surface area contributed by atoms with Gasteiger partial charge in [-0.05, 0) is 24.3 Å². The summed E-state index contributed by atoms with van der Waals surface area (Å²) < 4.78 is 0.792. The van der Waals surface area contributed by atoms with Crippen LogP contribution in [-0.4, -0.2) is 17.0 Å². The van der Waals surface area contributed by atoms with E-state index < -0.39 is 0 Å². The lowest BCUT2D eigenvalue weighted by molar-refractivity contribution is 0.917. The maximum absolute atomic E-state index is 5.96. The van der Waals surface area contributed by atoms with Crippen LogP contribution in [0.5, 0.6) is 0 Å². The summed E-state index contributed by atoms with van der Waals surface area (Å²) in [6.45, 7) is 0.734. The number of aromatic nitrogens is 2. The van der Waals surface area contributed by atoms with Gasteiger partial charge in [0.05, 0.1) is 16.4 Å². The molecule has 2 heterocycles. The maximum atomic E-state index is 5.96. The molecule has 0 unspecified atom stereocenters. The van der Waals surface area contributed by atoms with Crippen molar-refractivity contribution < 1.29 is 0 Å². The molecule has 1 aromatic carbocycles. The van der Waals surface area contributed by atoms with Gasteiger partial charge in [-0.2, -0.15) is 4.98 Å². The Morgan fingerprint density at radius 1 is 1.20 bits per heavy atom. The van der Waals surface area contributed by atoms with Gasteiger partial charge in [0.25, 0.3) is 0 Å². The minimum atomic E-state index is 0.287. The number of thiophene rings is 1. The van der Waals surface area contributed by atoms with Gasteiger partial charge in [0, 0.05) is 17.3 Å². The number of para-hydroxylation sites is 1. The third-order valence-corrected chi connectivity index (χ3v) is 4.20. The molecule has 0 atom stereocenters. The van der Waals surface area contributed by atoms with Crippen LogP contribution in [0.1, 0.15) is 4.88 Å². The van der Waals surface area contributed by atoms with E-state index in [4.69, 9.17) is 17.3 Å². The second kappa shape index (κ2) is 5.26. The van der Waals surface area contributed by atoms with Crippen LogP contribution in [-0.2, 0) is 6.54 Å². The van der Waals surface area contributed by atoms with Gasteiger partial charge >= 0.3 is 0 Å². The van der Waals surface area contributed by atoms with E-state index in [1.54, 1.807) is 11.3 Å². The van der Waals surface area contributed by atoms with E-state index in [2.05, 4.69) is 14.9 Å². The highest BCUT2D eigenvalue weighted by molar-refractivity contribution is 7.16. The molecule has 2 N–H and O–H groups in total. The first-order chi connectivity index (χ1) is 9.63. The number of hydrogen-bond donors (Lipinski definition) is 1. The monoisotopic (exact) mass is 304 g/mol. The lowest BCUT2D eigenvalue weighted by atomic mass is 10.2. The van der Waals surface area contributed by atoms with E-state index in [1.807, 2.05) is 43.4 Å². The number of hydrogen-bond acceptors (Lipinski definition) is 5. The number of nitrogens with zero attached hydrogens (tertiary/aromatic N) is 3. The lowest BCUT2D eigenvalue weighted by Gasteiger charge is -2.19. The highest BCUT2D eigenvalue weighted by Crippen LogP contribution is 2.27. The Morgan fingerprint density at radius 2 is 2.00 bits per heavy atom. The third-order valence-electron chi connectivity index (χ3n) is 2.98. The first-order valence-electron chi connectivity index (χ1n) is 6.11. The fraction of sp³-hybridized carbons (Fsp3) is 0.143. The molecule has 0 saturated carbocycles. The minimum Gasteiger partial charge on any atom is -0.368 e. The van der Waals surface area contributed by atoms with E-state index in [0.29, 0.717) is 0 Å². The Kier molecular flexibility index (Phi) is 3.46. The highest BCUT2D eigenvalue weighted by Gasteiger charge is 2.11. The predicted octanol–water partition coefficient (Wildman–Crippen LogP) is 3.56. The van der Waals surface area contributed by atoms with Gasteiger partial charge in [0.15, 0.2) is 0 Å². The second-order valence-electron chi connectivity index (χ2n) is 4.48. The normalized spacial score (nSPS) is 10.9. The van der Waals surface area contributed by atoms with Crippen LogP contribution in [0.2, 0.25) is 4.34 Å². The van der Waals surface area contributed by atoms with Crippen LogP contribution >= 0.6 is 22.9 Å². The molecular weight excluding hydrogens is 292 g/mol. The molecule has 0 radical (unpaired) electrons. The van der Waals surface area contributed by atoms with Crippen molar-refractivity contribution in [3.8, 4) is 0 Å². The molecule has 0 aliphatic heterocycles. The summed E-state index contributed by atoms with van der Waals surface area (Å²) >= 11 is 7.53. The lowest BCUT2D eigenvalue weighted by Crippen LogP contribution is -2.18. The van der Waals surface area contributed by atoms with Crippen molar-refractivity contribution >= 4 is 45.6 Å². The quantitative estimate of drug-likeness (QED) is 0.804. The van der Waals surface area contributed by atoms with Crippen LogP contribution in [0.3, 0.4) is 0 Å². The molecule has 6 heteroatoms. The maximum Gasteiger partial charge on any atom is 0.222 e. The average molecular weight is 305 g/mol. The van der Waals surface area contributed by atoms with Gasteiger partial charge in [-0.25, -0.2) is 4.98 Å². The zero-order valence-electron chi connectivity index (χ0n) is 10.9. The third kappa shape index (κ3) is 2.55. The summed E-state index contributed by atoms with van der Waals surface area (Å²) in [4.78, 5) is 11.9. The fourth-order valence-electron chi connectivity index (χ4n) is 2.11. The van der Waals surface area contributed by atoms with Crippen LogP contribution in [0.25, 0.3) is 10.9 Å². The number of benzene rings is 1. The molecular formula is C14H13ClN4S. The van der Waals surface area contributed by atoms with Crippen LogP contribution in [0, 0.1) is 0 Å². The van der Waals surface area contributed by atoms with Crippen molar-refractivity contribution in [3.63, 3.8) is 0 Å². The Morgan fingerprint density at radius 3 is 2.75 bits per heavy atom. The molecule has 3 aromatic rings. The highest BCUT2D eigenvalue weighted by atomic mass is 35.5. The molecule has 0 amide bonds. The molecule has 0 bridgehead atoms. The zero-order chi connectivity index (χ0) is 14.1. The Labute approximate surface area is 125 Å². The second-order valence-corrected chi connectivity index (χ2v) is 6.28. The number of nitrogens with two attached hydrogens (primary N) is 1. The molecule has 2 aromatic heterocycles. The van der Waals surface area contributed by atoms with Gasteiger partial charge in [-0.3, -0.25) is 0 Å². The van der Waals surface area contributed by atoms with Gasteiger partial charge in [-0.1, -0.05) is 23.7 Å². The van der Waals surface area contributed by atoms with E-state index in [0.717, 1.165) is 27.6 Å². The Hall–Kier alpha value is -1.85. The van der Waals surface area contributed by atoms with E-state index in [1.165, 1.54) is 4.88 Å². The molecule has 0 aliphatic carbocycles. The van der Waals surface area contributed by atoms with Crippen LogP contribution in [0.15, 0.2) is 36.4 Å². The Bertz CT molecular complexity index is 756. The van der Waals surface area contributed by atoms with Crippen molar-refractivity contribution in [2.75, 3.05) is 17.7 Å². The summed E-state index contributed by atoms with van der Waals surface area (Å²) in [5, 5.41) is 0.992. The van der Waals surface area contributed by atoms with Gasteiger partial charge in [0.2, 0.25) is 5.95 Å². The minimum absolute atomic E-state index is 0.287. The topological polar surface area (TPSA) is 55.0 Å². The Balaban J connectivity index is 2.00. The van der Waals surface area contributed by atoms with E-state index in [9.17, 15) is 0 Å². The molecule has 0 fully saturated rings. The molecule has 4 nitrogen and oxygen atoms in total. The summed E-state index contributed by atoms with van der Waals surface area (Å²) in [5.74, 6) is 1.12. The van der Waals surface area contributed by atoms with Crippen molar-refractivity contribution in [3.05, 3.63) is 45.6 Å². The summed E-state index contributed by atoms with van der Waals surface area (Å²) in [6.07, 6.45) is 0. The van der Waals surface area contributed by atoms with Crippen molar-refractivity contribution in [1.29, 1.82) is 0 Å². The van der Waals surface area contributed by atoms with Gasteiger partial charge < -0.3 is 10.6 Å². The molecule has 0 saturated heterocycles. The number of rotatable bonds is 3. The van der Waals surface area contributed by atoms with Crippen molar-refractivity contribution in [2.24, 2.45) is 0 Å². The number of nitrogen functional groups attached to an aromatic ring is 1. The number of halogens is 1. The predicted molar refractivity (Wildman–Crippen MR) is 85.4 cm³/mol. The van der Waals surface area contributed by atoms with Gasteiger partial charge in [0.1, 0.15) is 5.82 Å². The first kappa shape index (κ1) is 13.1. The molecule has 0 aliphatic rings. The van der Waals surface area contributed by atoms with Crippen LogP contribution < -0.4 is 10.6 Å². The summed E-state index contributed by atoms with van der Waals surface area (Å²) in [5.41, 5.74) is 6.65. The molecule has 0 spiro atoms. The van der Waals surface area contributed by atoms with Crippen molar-refractivity contribution in [1.82, 2.24) is 9.97 Å². The zero-order valence-corrected chi connectivity index (χ0v) is 12.4. The first-order valence-corrected chi connectivity index (χ1v) is 7.30. The van der Waals surface area contributed by atoms with E-state index >= 15 is 0 Å². The smallest absolute Gasteiger partial charge is 0.222 e. The SMILES string of the molecule is CN(Cc1ccc(Cl)s1)c1nc(N)nc2ccccc12. The number of anilines is 2. The number of fused-ring (bicyclic) bond motifs is 1. The molecule has 102 valence electrons. The molecule has 20 heavy (non-hydrogen) atoms. The van der Waals surface area contributed by atoms with Gasteiger partial charge in [-0.15, -0.1) is 11.3 Å². The summed E-state index contributed by atoms with van der Waals surface area (Å²) in [6, 6.07) is 11.8. The summed E-state index contributed by atoms with van der Waals surface area (Å²) in [7, 11) is 1.99. The standard InChI is InChI=1S/C14H13ClN4S/c1-19(8-9-6-7-12(15)20-9)13-10-4-2-3-5-11(10)17-14(16)18-13/h2-7H,8H2,1H3,(H2,16,17,18). The van der Waals surface area contributed by atoms with E-state index in [-0.39, 0.29) is 5.95 Å². The van der Waals surface area contributed by atoms with Crippen molar-refractivity contribution in [2.45, 2.75) is 6.54 Å².